The number of halogens is 1. The zero-order chi connectivity index (χ0) is 10.1. The lowest BCUT2D eigenvalue weighted by atomic mass is 10.0. The van der Waals surface area contributed by atoms with Crippen molar-refractivity contribution < 1.29 is 5.11 Å². The Balaban J connectivity index is 2.23. The average molecular weight is 255 g/mol. The van der Waals surface area contributed by atoms with Crippen LogP contribution in [0.1, 0.15) is 30.9 Å². The molecule has 1 aromatic rings. The van der Waals surface area contributed by atoms with Gasteiger partial charge in [0, 0.05) is 0 Å². The van der Waals surface area contributed by atoms with Gasteiger partial charge in [0.2, 0.25) is 0 Å². The first kappa shape index (κ1) is 10.0. The second-order valence-electron chi connectivity index (χ2n) is 4.14. The third-order valence-electron chi connectivity index (χ3n) is 2.98. The van der Waals surface area contributed by atoms with Crippen molar-refractivity contribution in [2.24, 2.45) is 5.92 Å². The molecule has 2 heteroatoms. The summed E-state index contributed by atoms with van der Waals surface area (Å²) in [5, 5.41) is 9.55. The molecule has 14 heavy (non-hydrogen) atoms. The Morgan fingerprint density at radius 1 is 1.36 bits per heavy atom. The molecule has 0 spiro atoms. The minimum Gasteiger partial charge on any atom is -0.507 e. The third kappa shape index (κ3) is 1.81. The van der Waals surface area contributed by atoms with Gasteiger partial charge in [-0.2, -0.15) is 0 Å². The van der Waals surface area contributed by atoms with E-state index in [0.29, 0.717) is 5.75 Å². The quantitative estimate of drug-likeness (QED) is 0.854. The number of hydrogen-bond acceptors (Lipinski definition) is 1. The molecule has 76 valence electrons. The van der Waals surface area contributed by atoms with Gasteiger partial charge >= 0.3 is 0 Å². The van der Waals surface area contributed by atoms with E-state index in [1.165, 1.54) is 30.4 Å². The van der Waals surface area contributed by atoms with E-state index in [1.807, 2.05) is 6.07 Å². The molecule has 1 atom stereocenters. The maximum Gasteiger partial charge on any atom is 0.130 e. The molecule has 1 unspecified atom stereocenters. The fourth-order valence-corrected chi connectivity index (χ4v) is 2.72. The van der Waals surface area contributed by atoms with Gasteiger partial charge < -0.3 is 5.11 Å². The summed E-state index contributed by atoms with van der Waals surface area (Å²) in [4.78, 5) is 0. The normalized spacial score (nSPS) is 19.7. The van der Waals surface area contributed by atoms with Crippen LogP contribution in [0.2, 0.25) is 0 Å². The lowest BCUT2D eigenvalue weighted by molar-refractivity contribution is 0.470. The van der Waals surface area contributed by atoms with Gasteiger partial charge in [0.1, 0.15) is 5.75 Å². The monoisotopic (exact) mass is 254 g/mol. The van der Waals surface area contributed by atoms with Gasteiger partial charge in [-0.05, 0) is 57.9 Å². The van der Waals surface area contributed by atoms with Crippen molar-refractivity contribution >= 4 is 15.9 Å². The first-order chi connectivity index (χ1) is 6.70. The minimum absolute atomic E-state index is 0.376. The molecule has 0 radical (unpaired) electrons. The van der Waals surface area contributed by atoms with Crippen LogP contribution < -0.4 is 0 Å². The Kier molecular flexibility index (Phi) is 2.82. The van der Waals surface area contributed by atoms with Crippen molar-refractivity contribution in [2.75, 3.05) is 0 Å². The molecule has 1 aliphatic rings. The Morgan fingerprint density at radius 3 is 2.64 bits per heavy atom. The fourth-order valence-electron chi connectivity index (χ4n) is 2.33. The standard InChI is InChI=1S/C12H15BrO/c1-2-3-8-4-9-6-11(13)12(14)7-10(9)5-8/h6-8,14H,2-5H2,1H3. The van der Waals surface area contributed by atoms with Gasteiger partial charge in [0.25, 0.3) is 0 Å². The molecule has 0 saturated heterocycles. The second kappa shape index (κ2) is 3.93. The van der Waals surface area contributed by atoms with Gasteiger partial charge in [0.15, 0.2) is 0 Å². The van der Waals surface area contributed by atoms with Crippen LogP contribution in [-0.4, -0.2) is 5.11 Å². The molecule has 1 nitrogen and oxygen atoms in total. The summed E-state index contributed by atoms with van der Waals surface area (Å²) in [7, 11) is 0. The van der Waals surface area contributed by atoms with Crippen LogP contribution in [0.3, 0.4) is 0 Å². The number of benzene rings is 1. The molecule has 1 aromatic carbocycles. The zero-order valence-electron chi connectivity index (χ0n) is 8.39. The molecule has 0 bridgehead atoms. The van der Waals surface area contributed by atoms with Gasteiger partial charge in [-0.1, -0.05) is 19.8 Å². The number of aromatic hydroxyl groups is 1. The van der Waals surface area contributed by atoms with E-state index < -0.39 is 0 Å². The Hall–Kier alpha value is -0.500. The van der Waals surface area contributed by atoms with Crippen LogP contribution in [0.5, 0.6) is 5.75 Å². The smallest absolute Gasteiger partial charge is 0.130 e. The van der Waals surface area contributed by atoms with E-state index in [2.05, 4.69) is 28.9 Å². The maximum absolute atomic E-state index is 9.55. The van der Waals surface area contributed by atoms with Crippen LogP contribution >= 0.6 is 15.9 Å². The molecule has 0 aliphatic heterocycles. The Bertz CT molecular complexity index is 315. The molecule has 1 N–H and O–H groups in total. The number of fused-ring (bicyclic) bond motifs is 1. The molecular formula is C12H15BrO. The summed E-state index contributed by atoms with van der Waals surface area (Å²) >= 11 is 3.36. The van der Waals surface area contributed by atoms with E-state index in [1.54, 1.807) is 0 Å². The lowest BCUT2D eigenvalue weighted by Crippen LogP contribution is -1.97. The largest absolute Gasteiger partial charge is 0.507 e. The molecule has 2 rings (SSSR count). The zero-order valence-corrected chi connectivity index (χ0v) is 9.97. The van der Waals surface area contributed by atoms with Crippen LogP contribution in [0.15, 0.2) is 16.6 Å². The molecule has 0 heterocycles. The summed E-state index contributed by atoms with van der Waals surface area (Å²) in [6, 6.07) is 3.98. The number of rotatable bonds is 2. The summed E-state index contributed by atoms with van der Waals surface area (Å²) in [5.74, 6) is 1.17. The molecule has 0 saturated carbocycles. The van der Waals surface area contributed by atoms with Gasteiger partial charge in [-0.15, -0.1) is 0 Å². The van der Waals surface area contributed by atoms with E-state index >= 15 is 0 Å². The molecule has 0 aromatic heterocycles. The topological polar surface area (TPSA) is 20.2 Å². The lowest BCUT2D eigenvalue weighted by Gasteiger charge is -2.04. The highest BCUT2D eigenvalue weighted by atomic mass is 79.9. The van der Waals surface area contributed by atoms with Crippen LogP contribution in [0.4, 0.5) is 0 Å². The Morgan fingerprint density at radius 2 is 2.00 bits per heavy atom. The second-order valence-corrected chi connectivity index (χ2v) is 4.99. The van der Waals surface area contributed by atoms with E-state index in [4.69, 9.17) is 0 Å². The molecule has 0 amide bonds. The third-order valence-corrected chi connectivity index (χ3v) is 3.62. The van der Waals surface area contributed by atoms with Crippen molar-refractivity contribution in [3.63, 3.8) is 0 Å². The van der Waals surface area contributed by atoms with Gasteiger partial charge in [-0.25, -0.2) is 0 Å². The number of hydrogen-bond donors (Lipinski definition) is 1. The van der Waals surface area contributed by atoms with Crippen molar-refractivity contribution in [3.8, 4) is 5.75 Å². The van der Waals surface area contributed by atoms with Gasteiger partial charge in [0.05, 0.1) is 4.47 Å². The number of phenolic OH excluding ortho intramolecular Hbond substituents is 1. The molecular weight excluding hydrogens is 240 g/mol. The first-order valence-corrected chi connectivity index (χ1v) is 6.00. The van der Waals surface area contributed by atoms with E-state index in [9.17, 15) is 5.11 Å². The van der Waals surface area contributed by atoms with Crippen molar-refractivity contribution in [3.05, 3.63) is 27.7 Å². The summed E-state index contributed by atoms with van der Waals surface area (Å²) in [6.45, 7) is 2.23. The molecule has 1 aliphatic carbocycles. The highest BCUT2D eigenvalue weighted by Gasteiger charge is 2.21. The summed E-state index contributed by atoms with van der Waals surface area (Å²) < 4.78 is 0.827. The highest BCUT2D eigenvalue weighted by molar-refractivity contribution is 9.10. The van der Waals surface area contributed by atoms with Crippen molar-refractivity contribution in [1.29, 1.82) is 0 Å². The molecule has 0 fully saturated rings. The minimum atomic E-state index is 0.376. The summed E-state index contributed by atoms with van der Waals surface area (Å²) in [6.07, 6.45) is 4.88. The van der Waals surface area contributed by atoms with Crippen LogP contribution in [0, 0.1) is 5.92 Å². The number of phenols is 1. The van der Waals surface area contributed by atoms with Crippen LogP contribution in [0.25, 0.3) is 0 Å². The van der Waals surface area contributed by atoms with Crippen molar-refractivity contribution in [2.45, 2.75) is 32.6 Å². The van der Waals surface area contributed by atoms with Gasteiger partial charge in [-0.3, -0.25) is 0 Å². The van der Waals surface area contributed by atoms with Crippen LogP contribution in [-0.2, 0) is 12.8 Å². The summed E-state index contributed by atoms with van der Waals surface area (Å²) in [5.41, 5.74) is 2.75. The fraction of sp³-hybridized carbons (Fsp3) is 0.500. The average Bonchev–Trinajstić information content (AvgIpc) is 2.48. The van der Waals surface area contributed by atoms with E-state index in [-0.39, 0.29) is 0 Å². The predicted octanol–water partition coefficient (Wildman–Crippen LogP) is 3.67. The van der Waals surface area contributed by atoms with E-state index in [0.717, 1.165) is 16.8 Å². The first-order valence-electron chi connectivity index (χ1n) is 5.21. The predicted molar refractivity (Wildman–Crippen MR) is 61.6 cm³/mol. The SMILES string of the molecule is CCCC1Cc2cc(O)c(Br)cc2C1. The maximum atomic E-state index is 9.55. The Labute approximate surface area is 93.3 Å². The van der Waals surface area contributed by atoms with Crippen molar-refractivity contribution in [1.82, 2.24) is 0 Å². The highest BCUT2D eigenvalue weighted by Crippen LogP contribution is 2.35.